The fraction of sp³-hybridized carbons (Fsp3) is 0.607. The highest BCUT2D eigenvalue weighted by Crippen LogP contribution is 2.49. The van der Waals surface area contributed by atoms with Gasteiger partial charge in [-0.25, -0.2) is 4.39 Å². The molecular formula is C28H36F3N4O3+. The normalized spacial score (nSPS) is 26.4. The number of methoxy groups -OCH3 is 1. The van der Waals surface area contributed by atoms with Crippen LogP contribution in [-0.2, 0) is 22.6 Å². The lowest BCUT2D eigenvalue weighted by molar-refractivity contribution is -0.845. The minimum Gasteiger partial charge on any atom is -0.493 e. The molecule has 1 amide bonds. The minimum atomic E-state index is -3.14. The van der Waals surface area contributed by atoms with Crippen molar-refractivity contribution >= 4 is 11.9 Å². The van der Waals surface area contributed by atoms with Gasteiger partial charge >= 0.3 is 12.0 Å². The van der Waals surface area contributed by atoms with Crippen molar-refractivity contribution in [1.29, 1.82) is 0 Å². The van der Waals surface area contributed by atoms with E-state index in [4.69, 9.17) is 9.47 Å². The Kier molecular flexibility index (Phi) is 8.18. The number of nitrogens with zero attached hydrogens (tertiary/aromatic N) is 3. The molecule has 3 fully saturated rings. The van der Waals surface area contributed by atoms with E-state index in [1.807, 2.05) is 12.4 Å². The summed E-state index contributed by atoms with van der Waals surface area (Å²) in [6.45, 7) is 3.11. The van der Waals surface area contributed by atoms with Crippen LogP contribution in [0.3, 0.4) is 0 Å². The number of ether oxygens (including phenoxy) is 2. The van der Waals surface area contributed by atoms with Crippen LogP contribution in [0.1, 0.15) is 49.7 Å². The maximum absolute atomic E-state index is 14.5. The Bertz CT molecular complexity index is 1110. The second-order valence-corrected chi connectivity index (χ2v) is 10.8. The van der Waals surface area contributed by atoms with Crippen LogP contribution < -0.4 is 9.64 Å². The summed E-state index contributed by atoms with van der Waals surface area (Å²) >= 11 is 0. The van der Waals surface area contributed by atoms with Crippen molar-refractivity contribution in [3.05, 3.63) is 47.5 Å². The van der Waals surface area contributed by atoms with Gasteiger partial charge in [-0.3, -0.25) is 14.6 Å². The van der Waals surface area contributed by atoms with Crippen molar-refractivity contribution in [2.75, 3.05) is 33.4 Å². The number of carbonyl (C=O) groups excluding carboxylic acids is 1. The lowest BCUT2D eigenvalue weighted by Gasteiger charge is -2.27. The topological polar surface area (TPSA) is 69.0 Å². The molecule has 5 rings (SSSR count). The Balaban J connectivity index is 1.02. The van der Waals surface area contributed by atoms with Crippen LogP contribution in [0.25, 0.3) is 0 Å². The molecule has 2 saturated heterocycles. The number of aromatic nitrogens is 2. The zero-order valence-corrected chi connectivity index (χ0v) is 21.8. The summed E-state index contributed by atoms with van der Waals surface area (Å²) < 4.78 is 53.0. The fourth-order valence-electron chi connectivity index (χ4n) is 6.00. The largest absolute Gasteiger partial charge is 0.493 e. The molecule has 2 aromatic rings. The number of rotatable bonds is 10. The minimum absolute atomic E-state index is 0.00853. The van der Waals surface area contributed by atoms with Gasteiger partial charge in [0.1, 0.15) is 11.6 Å². The Labute approximate surface area is 221 Å². The van der Waals surface area contributed by atoms with Crippen LogP contribution in [0.4, 0.5) is 19.1 Å². The average Bonchev–Trinajstić information content (AvgIpc) is 3.59. The third-order valence-corrected chi connectivity index (χ3v) is 8.23. The number of quaternary nitrogens is 1. The molecule has 1 aliphatic carbocycles. The zero-order valence-electron chi connectivity index (χ0n) is 21.8. The molecule has 2 atom stereocenters. The highest BCUT2D eigenvalue weighted by molar-refractivity contribution is 5.79. The number of amides is 1. The predicted molar refractivity (Wildman–Crippen MR) is 134 cm³/mol. The van der Waals surface area contributed by atoms with Crippen molar-refractivity contribution in [2.45, 2.75) is 57.6 Å². The van der Waals surface area contributed by atoms with Gasteiger partial charge in [0.25, 0.3) is 0 Å². The molecule has 1 N–H and O–H groups in total. The van der Waals surface area contributed by atoms with E-state index in [-0.39, 0.29) is 31.4 Å². The Morgan fingerprint density at radius 1 is 1.21 bits per heavy atom. The van der Waals surface area contributed by atoms with Crippen molar-refractivity contribution < 1.29 is 32.3 Å². The molecule has 10 heteroatoms. The van der Waals surface area contributed by atoms with E-state index in [1.54, 1.807) is 13.2 Å². The number of benzene rings is 1. The first kappa shape index (κ1) is 26.9. The van der Waals surface area contributed by atoms with Crippen LogP contribution >= 0.6 is 0 Å². The van der Waals surface area contributed by atoms with Gasteiger partial charge in [0.15, 0.2) is 0 Å². The predicted octanol–water partition coefficient (Wildman–Crippen LogP) is 3.55. The van der Waals surface area contributed by atoms with Gasteiger partial charge < -0.3 is 9.47 Å². The lowest BCUT2D eigenvalue weighted by Crippen LogP contribution is -3.09. The fourth-order valence-corrected chi connectivity index (χ4v) is 6.00. The van der Waals surface area contributed by atoms with E-state index in [0.29, 0.717) is 35.7 Å². The summed E-state index contributed by atoms with van der Waals surface area (Å²) in [5, 5.41) is 0. The molecular weight excluding hydrogens is 497 g/mol. The second-order valence-electron chi connectivity index (χ2n) is 10.8. The van der Waals surface area contributed by atoms with Crippen LogP contribution in [0.5, 0.6) is 5.75 Å². The maximum atomic E-state index is 14.5. The molecule has 0 radical (unpaired) electrons. The van der Waals surface area contributed by atoms with Gasteiger partial charge in [-0.15, -0.1) is 0 Å². The van der Waals surface area contributed by atoms with E-state index >= 15 is 0 Å². The number of carbonyl (C=O) groups is 1. The quantitative estimate of drug-likeness (QED) is 0.473. The molecule has 0 bridgehead atoms. The molecule has 1 aromatic carbocycles. The Morgan fingerprint density at radius 2 is 1.97 bits per heavy atom. The molecule has 0 spiro atoms. The van der Waals surface area contributed by atoms with Gasteiger partial charge in [0.05, 0.1) is 32.7 Å². The number of likely N-dealkylation sites (tertiary alicyclic amines) is 1. The summed E-state index contributed by atoms with van der Waals surface area (Å²) in [7, 11) is 1.66. The highest BCUT2D eigenvalue weighted by atomic mass is 19.3. The van der Waals surface area contributed by atoms with E-state index in [9.17, 15) is 18.0 Å². The van der Waals surface area contributed by atoms with Gasteiger partial charge in [0.2, 0.25) is 5.91 Å². The monoisotopic (exact) mass is 533 g/mol. The smallest absolute Gasteiger partial charge is 0.327 e. The summed E-state index contributed by atoms with van der Waals surface area (Å²) in [5.74, 6) is 1.98. The van der Waals surface area contributed by atoms with Gasteiger partial charge in [-0.2, -0.15) is 18.7 Å². The van der Waals surface area contributed by atoms with Crippen LogP contribution in [0.15, 0.2) is 30.6 Å². The maximum Gasteiger partial charge on any atom is 0.327 e. The lowest BCUT2D eigenvalue weighted by atomic mass is 9.90. The number of hydrogen-bond acceptors (Lipinski definition) is 5. The van der Waals surface area contributed by atoms with Crippen molar-refractivity contribution in [3.8, 4) is 5.75 Å². The van der Waals surface area contributed by atoms with Crippen molar-refractivity contribution in [3.63, 3.8) is 0 Å². The van der Waals surface area contributed by atoms with Gasteiger partial charge in [-0.1, -0.05) is 6.07 Å². The zero-order chi connectivity index (χ0) is 26.7. The second kappa shape index (κ2) is 11.6. The van der Waals surface area contributed by atoms with Crippen LogP contribution in [-0.4, -0.2) is 60.2 Å². The molecule has 1 aromatic heterocycles. The molecule has 1 unspecified atom stereocenters. The van der Waals surface area contributed by atoms with E-state index < -0.39 is 17.8 Å². The van der Waals surface area contributed by atoms with Crippen LogP contribution in [0, 0.1) is 23.6 Å². The Hall–Kier alpha value is -2.72. The van der Waals surface area contributed by atoms with Crippen LogP contribution in [0.2, 0.25) is 0 Å². The van der Waals surface area contributed by atoms with Gasteiger partial charge in [0, 0.05) is 56.9 Å². The van der Waals surface area contributed by atoms with Crippen molar-refractivity contribution in [1.82, 2.24) is 14.9 Å². The molecule has 7 nitrogen and oxygen atoms in total. The molecule has 2 aliphatic heterocycles. The Morgan fingerprint density at radius 3 is 2.63 bits per heavy atom. The summed E-state index contributed by atoms with van der Waals surface area (Å²) in [5.41, 5.74) is 1.09. The number of halogens is 3. The summed E-state index contributed by atoms with van der Waals surface area (Å²) in [6.07, 6.45) is 7.69. The average molecular weight is 534 g/mol. The first-order valence-electron chi connectivity index (χ1n) is 13.6. The third kappa shape index (κ3) is 6.29. The SMILES string of the molecule is COCc1cnc([NH+]2CCC(C3C[C@H]3CCOc3ccc(CC(=O)N4CCCC4(F)F)c(F)c3)CC2)nc1. The third-order valence-electron chi connectivity index (χ3n) is 8.23. The molecule has 3 heterocycles. The van der Waals surface area contributed by atoms with E-state index in [2.05, 4.69) is 9.97 Å². The standard InChI is InChI=1S/C28H35F3N4O3/c1-37-18-19-16-32-27(33-17-19)34-10-5-20(6-11-34)24-13-21(24)7-12-38-23-4-3-22(25(29)15-23)14-26(36)35-9-2-8-28(35,30)31/h3-4,15-17,20-21,24H,2,5-14,18H2,1H3/p+1/t21-,24?/m1/s1. The first-order valence-corrected chi connectivity index (χ1v) is 13.6. The molecule has 38 heavy (non-hydrogen) atoms. The number of hydrogen-bond donors (Lipinski definition) is 1. The highest BCUT2D eigenvalue weighted by Gasteiger charge is 2.45. The number of piperidine rings is 1. The van der Waals surface area contributed by atoms with E-state index in [0.717, 1.165) is 49.8 Å². The van der Waals surface area contributed by atoms with Gasteiger partial charge in [-0.05, 0) is 48.6 Å². The summed E-state index contributed by atoms with van der Waals surface area (Å²) in [6, 6.07) is 1.18. The molecule has 1 saturated carbocycles. The number of alkyl halides is 2. The first-order chi connectivity index (χ1) is 18.3. The number of nitrogens with one attached hydrogen (secondary N) is 1. The summed E-state index contributed by atoms with van der Waals surface area (Å²) in [4.78, 5) is 23.2. The van der Waals surface area contributed by atoms with Crippen molar-refractivity contribution in [2.24, 2.45) is 17.8 Å². The molecule has 206 valence electrons. The molecule has 3 aliphatic rings. The van der Waals surface area contributed by atoms with E-state index in [1.165, 1.54) is 23.5 Å².